The van der Waals surface area contributed by atoms with Crippen LogP contribution in [0.15, 0.2) is 53.4 Å². The first kappa shape index (κ1) is 18.8. The van der Waals surface area contributed by atoms with Crippen LogP contribution in [0.25, 0.3) is 22.8 Å². The third kappa shape index (κ3) is 3.71. The molecule has 0 aromatic carbocycles. The number of nitrogen functional groups attached to an aromatic ring is 1. The zero-order valence-corrected chi connectivity index (χ0v) is 15.8. The molecule has 0 unspecified atom stereocenters. The van der Waals surface area contributed by atoms with Gasteiger partial charge >= 0.3 is 0 Å². The Hall–Kier alpha value is -4.54. The highest BCUT2D eigenvalue weighted by atomic mass is 16.5. The lowest BCUT2D eigenvalue weighted by Crippen LogP contribution is -2.14. The Bertz CT molecular complexity index is 1210. The highest BCUT2D eigenvalue weighted by Gasteiger charge is 2.15. The summed E-state index contributed by atoms with van der Waals surface area (Å²) < 4.78 is 5.32. The molecular formula is C19H17N9O2. The number of hydrogen-bond donors (Lipinski definition) is 4. The van der Waals surface area contributed by atoms with Gasteiger partial charge in [-0.05, 0) is 24.3 Å². The number of pyridine rings is 3. The fraction of sp³-hybridized carbons (Fsp3) is 0.0526. The summed E-state index contributed by atoms with van der Waals surface area (Å²) >= 11 is 0. The molecule has 0 atom stereocenters. The second-order valence-corrected chi connectivity index (χ2v) is 6.15. The molecule has 0 spiro atoms. The average molecular weight is 403 g/mol. The molecule has 11 heteroatoms. The average Bonchev–Trinajstić information content (AvgIpc) is 3.24. The lowest BCUT2D eigenvalue weighted by atomic mass is 10.2. The first-order chi connectivity index (χ1) is 14.5. The Morgan fingerprint density at radius 3 is 2.60 bits per heavy atom. The molecule has 4 rings (SSSR count). The van der Waals surface area contributed by atoms with Crippen molar-refractivity contribution in [3.8, 4) is 22.8 Å². The third-order valence-corrected chi connectivity index (χ3v) is 4.18. The maximum Gasteiger partial charge on any atom is 0.261 e. The van der Waals surface area contributed by atoms with E-state index in [0.717, 1.165) is 5.56 Å². The van der Waals surface area contributed by atoms with E-state index in [0.29, 0.717) is 34.5 Å². The van der Waals surface area contributed by atoms with Crippen molar-refractivity contribution in [2.45, 2.75) is 0 Å². The van der Waals surface area contributed by atoms with E-state index in [2.05, 4.69) is 35.7 Å². The summed E-state index contributed by atoms with van der Waals surface area (Å²) in [4.78, 5) is 28.4. The van der Waals surface area contributed by atoms with Crippen LogP contribution < -0.4 is 22.1 Å². The molecule has 4 aromatic heterocycles. The molecule has 0 fully saturated rings. The molecule has 4 heterocycles. The second-order valence-electron chi connectivity index (χ2n) is 6.15. The van der Waals surface area contributed by atoms with E-state index in [9.17, 15) is 4.79 Å². The van der Waals surface area contributed by atoms with Crippen molar-refractivity contribution < 1.29 is 9.32 Å². The molecule has 0 saturated carbocycles. The number of rotatable bonds is 6. The van der Waals surface area contributed by atoms with Gasteiger partial charge in [0.05, 0.1) is 11.1 Å². The Morgan fingerprint density at radius 1 is 1.10 bits per heavy atom. The predicted octanol–water partition coefficient (Wildman–Crippen LogP) is 2.05. The van der Waals surface area contributed by atoms with Crippen LogP contribution >= 0.6 is 0 Å². The van der Waals surface area contributed by atoms with Crippen molar-refractivity contribution in [2.75, 3.05) is 23.4 Å². The maximum atomic E-state index is 11.4. The van der Waals surface area contributed by atoms with E-state index in [-0.39, 0.29) is 11.5 Å². The summed E-state index contributed by atoms with van der Waals surface area (Å²) in [5.41, 5.74) is 13.4. The molecule has 0 aliphatic carbocycles. The van der Waals surface area contributed by atoms with Gasteiger partial charge in [0.25, 0.3) is 11.8 Å². The standard InChI is InChI=1S/C19H17N9O2/c1-22-18-11(16(21)29)2-3-14(26-18)25-15-8-13(20)12(9-24-15)19-27-17(28-30-19)10-4-6-23-7-5-10/h2-9H,1H3,(H2,21,29)(H4,20,22,24,25,26). The number of nitrogens with zero attached hydrogens (tertiary/aromatic N) is 5. The first-order valence-corrected chi connectivity index (χ1v) is 8.81. The maximum absolute atomic E-state index is 11.4. The largest absolute Gasteiger partial charge is 0.398 e. The summed E-state index contributed by atoms with van der Waals surface area (Å²) in [6.45, 7) is 0. The Labute approximate surface area is 170 Å². The molecule has 30 heavy (non-hydrogen) atoms. The van der Waals surface area contributed by atoms with Crippen LogP contribution in [0.3, 0.4) is 0 Å². The number of nitrogens with two attached hydrogens (primary N) is 2. The van der Waals surface area contributed by atoms with Gasteiger partial charge in [0.1, 0.15) is 17.5 Å². The number of aromatic nitrogens is 5. The number of carbonyl (C=O) groups excluding carboxylic acids is 1. The lowest BCUT2D eigenvalue weighted by molar-refractivity contribution is 0.100. The molecule has 0 aliphatic heterocycles. The lowest BCUT2D eigenvalue weighted by Gasteiger charge is -2.10. The number of hydrogen-bond acceptors (Lipinski definition) is 10. The van der Waals surface area contributed by atoms with Crippen LogP contribution in [-0.4, -0.2) is 38.0 Å². The molecule has 11 nitrogen and oxygen atoms in total. The van der Waals surface area contributed by atoms with E-state index in [4.69, 9.17) is 16.0 Å². The van der Waals surface area contributed by atoms with Gasteiger partial charge in [0.15, 0.2) is 0 Å². The Balaban J connectivity index is 1.57. The number of nitrogens with one attached hydrogen (secondary N) is 2. The van der Waals surface area contributed by atoms with E-state index < -0.39 is 5.91 Å². The molecule has 0 aliphatic rings. The molecule has 0 bridgehead atoms. The van der Waals surface area contributed by atoms with Crippen LogP contribution in [0.4, 0.5) is 23.1 Å². The fourth-order valence-electron chi connectivity index (χ4n) is 2.72. The van der Waals surface area contributed by atoms with E-state index in [1.165, 1.54) is 6.20 Å². The van der Waals surface area contributed by atoms with Gasteiger partial charge in [-0.25, -0.2) is 9.97 Å². The van der Waals surface area contributed by atoms with Gasteiger partial charge in [-0.3, -0.25) is 9.78 Å². The Kier molecular flexibility index (Phi) is 4.91. The predicted molar refractivity (Wildman–Crippen MR) is 111 cm³/mol. The van der Waals surface area contributed by atoms with Crippen LogP contribution in [0.5, 0.6) is 0 Å². The van der Waals surface area contributed by atoms with Crippen molar-refractivity contribution in [3.63, 3.8) is 0 Å². The van der Waals surface area contributed by atoms with Crippen molar-refractivity contribution in [1.29, 1.82) is 0 Å². The minimum Gasteiger partial charge on any atom is -0.398 e. The smallest absolute Gasteiger partial charge is 0.261 e. The summed E-state index contributed by atoms with van der Waals surface area (Å²) in [7, 11) is 1.65. The quantitative estimate of drug-likeness (QED) is 0.373. The summed E-state index contributed by atoms with van der Waals surface area (Å²) in [6, 6.07) is 8.36. The van der Waals surface area contributed by atoms with Gasteiger partial charge in [0.2, 0.25) is 5.82 Å². The van der Waals surface area contributed by atoms with Crippen LogP contribution in [0.2, 0.25) is 0 Å². The van der Waals surface area contributed by atoms with Gasteiger partial charge < -0.3 is 26.6 Å². The minimum atomic E-state index is -0.573. The zero-order valence-electron chi connectivity index (χ0n) is 15.8. The van der Waals surface area contributed by atoms with Gasteiger partial charge in [0, 0.05) is 43.0 Å². The molecule has 0 saturated heterocycles. The van der Waals surface area contributed by atoms with Gasteiger partial charge in [-0.1, -0.05) is 5.16 Å². The normalized spacial score (nSPS) is 10.6. The first-order valence-electron chi connectivity index (χ1n) is 8.81. The Morgan fingerprint density at radius 2 is 1.90 bits per heavy atom. The van der Waals surface area contributed by atoms with Crippen molar-refractivity contribution in [1.82, 2.24) is 25.1 Å². The van der Waals surface area contributed by atoms with Crippen molar-refractivity contribution >= 4 is 29.0 Å². The molecular weight excluding hydrogens is 386 g/mol. The van der Waals surface area contributed by atoms with Crippen LogP contribution in [-0.2, 0) is 0 Å². The summed E-state index contributed by atoms with van der Waals surface area (Å²) in [5.74, 6) is 1.36. The van der Waals surface area contributed by atoms with E-state index in [1.54, 1.807) is 49.8 Å². The SMILES string of the molecule is CNc1nc(Nc2cc(N)c(-c3nc(-c4ccncc4)no3)cn2)ccc1C(N)=O. The van der Waals surface area contributed by atoms with Crippen molar-refractivity contribution in [3.05, 3.63) is 54.5 Å². The van der Waals surface area contributed by atoms with Crippen LogP contribution in [0.1, 0.15) is 10.4 Å². The number of amides is 1. The molecule has 150 valence electrons. The molecule has 0 radical (unpaired) electrons. The number of primary amides is 1. The molecule has 6 N–H and O–H groups in total. The third-order valence-electron chi connectivity index (χ3n) is 4.18. The van der Waals surface area contributed by atoms with Crippen molar-refractivity contribution in [2.24, 2.45) is 5.73 Å². The number of carbonyl (C=O) groups is 1. The highest BCUT2D eigenvalue weighted by molar-refractivity contribution is 5.97. The highest BCUT2D eigenvalue weighted by Crippen LogP contribution is 2.28. The van der Waals surface area contributed by atoms with Gasteiger partial charge in [-0.15, -0.1) is 0 Å². The second kappa shape index (κ2) is 7.83. The summed E-state index contributed by atoms with van der Waals surface area (Å²) in [6.07, 6.45) is 4.81. The van der Waals surface area contributed by atoms with E-state index >= 15 is 0 Å². The zero-order chi connectivity index (χ0) is 21.1. The van der Waals surface area contributed by atoms with Crippen LogP contribution in [0, 0.1) is 0 Å². The summed E-state index contributed by atoms with van der Waals surface area (Å²) in [5, 5.41) is 9.83. The molecule has 4 aromatic rings. The minimum absolute atomic E-state index is 0.250. The number of anilines is 4. The topological polar surface area (TPSA) is 171 Å². The molecule has 1 amide bonds. The van der Waals surface area contributed by atoms with Gasteiger partial charge in [-0.2, -0.15) is 4.98 Å². The monoisotopic (exact) mass is 403 g/mol. The fourth-order valence-corrected chi connectivity index (χ4v) is 2.72. The van der Waals surface area contributed by atoms with E-state index in [1.807, 2.05) is 0 Å².